The molecule has 9 heavy (non-hydrogen) atoms. The first-order valence-corrected chi connectivity index (χ1v) is 3.08. The molecule has 0 aliphatic carbocycles. The Kier molecular flexibility index (Phi) is 2.02. The Balaban J connectivity index is 2.42. The van der Waals surface area contributed by atoms with Gasteiger partial charge in [-0.05, 0) is 6.08 Å². The zero-order valence-electron chi connectivity index (χ0n) is 5.15. The third-order valence-electron chi connectivity index (χ3n) is 0.999. The molecular formula is C5H8N2OS. The molecule has 50 valence electrons. The van der Waals surface area contributed by atoms with E-state index in [-0.39, 0.29) is 0 Å². The Morgan fingerprint density at radius 1 is 1.89 bits per heavy atom. The van der Waals surface area contributed by atoms with Gasteiger partial charge in [-0.3, -0.25) is 5.01 Å². The van der Waals surface area contributed by atoms with Crippen LogP contribution in [0.25, 0.3) is 0 Å². The van der Waals surface area contributed by atoms with Crippen molar-refractivity contribution in [3.63, 3.8) is 0 Å². The third kappa shape index (κ3) is 1.40. The quantitative estimate of drug-likeness (QED) is 0.526. The number of hydrogen-bond acceptors (Lipinski definition) is 3. The summed E-state index contributed by atoms with van der Waals surface area (Å²) < 4.78 is 0. The minimum Gasteiger partial charge on any atom is -0.262 e. The first-order chi connectivity index (χ1) is 4.34. The molecule has 0 saturated heterocycles. The predicted octanol–water partition coefficient (Wildman–Crippen LogP) is 0.551. The van der Waals surface area contributed by atoms with E-state index in [0.29, 0.717) is 6.61 Å². The Morgan fingerprint density at radius 2 is 2.67 bits per heavy atom. The fraction of sp³-hybridized carbons (Fsp3) is 0.400. The van der Waals surface area contributed by atoms with Gasteiger partial charge in [-0.15, -0.1) is 0 Å². The molecule has 0 saturated carbocycles. The van der Waals surface area contributed by atoms with Gasteiger partial charge in [-0.2, -0.15) is 5.17 Å². The van der Waals surface area contributed by atoms with Crippen LogP contribution in [0.5, 0.6) is 0 Å². The van der Waals surface area contributed by atoms with Crippen molar-refractivity contribution in [2.45, 2.75) is 0 Å². The van der Waals surface area contributed by atoms with Gasteiger partial charge in [0, 0.05) is 7.05 Å². The summed E-state index contributed by atoms with van der Waals surface area (Å²) in [6.07, 6.45) is 3.73. The summed E-state index contributed by atoms with van der Waals surface area (Å²) >= 11 is 4.66. The molecule has 0 aromatic carbocycles. The van der Waals surface area contributed by atoms with E-state index in [9.17, 15) is 0 Å². The molecule has 1 rings (SSSR count). The summed E-state index contributed by atoms with van der Waals surface area (Å²) in [5, 5.41) is 3.26. The van der Waals surface area contributed by atoms with E-state index in [2.05, 4.69) is 12.2 Å². The van der Waals surface area contributed by atoms with Crippen molar-refractivity contribution >= 4 is 17.7 Å². The first kappa shape index (κ1) is 6.51. The molecule has 0 bridgehead atoms. The molecule has 1 heterocycles. The van der Waals surface area contributed by atoms with E-state index in [0.717, 1.165) is 0 Å². The molecule has 1 aliphatic heterocycles. The van der Waals surface area contributed by atoms with Gasteiger partial charge < -0.3 is 0 Å². The molecular weight excluding hydrogens is 136 g/mol. The Labute approximate surface area is 59.4 Å². The van der Waals surface area contributed by atoms with E-state index in [1.54, 1.807) is 10.2 Å². The van der Waals surface area contributed by atoms with Crippen molar-refractivity contribution in [3.05, 3.63) is 12.3 Å². The lowest BCUT2D eigenvalue weighted by molar-refractivity contribution is -0.185. The smallest absolute Gasteiger partial charge is 0.0970 e. The van der Waals surface area contributed by atoms with Crippen LogP contribution in [0.4, 0.5) is 0 Å². The minimum absolute atomic E-state index is 0.632. The van der Waals surface area contributed by atoms with Gasteiger partial charge in [0.1, 0.15) is 0 Å². The Morgan fingerprint density at radius 3 is 3.11 bits per heavy atom. The standard InChI is InChI=1S/C5H8N2OS/c1-6(5-9)7-3-2-4-8-7/h2-3,5H,4H2,1H3. The van der Waals surface area contributed by atoms with Gasteiger partial charge in [0.2, 0.25) is 0 Å². The van der Waals surface area contributed by atoms with Gasteiger partial charge in [-0.1, -0.05) is 12.2 Å². The summed E-state index contributed by atoms with van der Waals surface area (Å²) in [6, 6.07) is 0. The maximum Gasteiger partial charge on any atom is 0.0970 e. The lowest BCUT2D eigenvalue weighted by Crippen LogP contribution is -2.31. The number of hydroxylamine groups is 1. The number of thiocarbonyl (C=S) groups is 1. The second kappa shape index (κ2) is 2.80. The van der Waals surface area contributed by atoms with Crippen molar-refractivity contribution in [2.24, 2.45) is 0 Å². The molecule has 0 amide bonds. The van der Waals surface area contributed by atoms with Crippen LogP contribution < -0.4 is 0 Å². The predicted molar refractivity (Wildman–Crippen MR) is 38.3 cm³/mol. The van der Waals surface area contributed by atoms with Crippen molar-refractivity contribution < 1.29 is 4.84 Å². The highest BCUT2D eigenvalue weighted by atomic mass is 32.1. The monoisotopic (exact) mass is 144 g/mol. The van der Waals surface area contributed by atoms with Crippen LogP contribution in [-0.2, 0) is 4.84 Å². The van der Waals surface area contributed by atoms with Crippen LogP contribution in [0.15, 0.2) is 12.3 Å². The van der Waals surface area contributed by atoms with Gasteiger partial charge in [0.25, 0.3) is 0 Å². The Hall–Kier alpha value is -0.610. The second-order valence-corrected chi connectivity index (χ2v) is 1.87. The lowest BCUT2D eigenvalue weighted by atomic mass is 10.7. The highest BCUT2D eigenvalue weighted by molar-refractivity contribution is 7.78. The third-order valence-corrected chi connectivity index (χ3v) is 1.30. The number of rotatable bonds is 2. The number of nitrogens with zero attached hydrogens (tertiary/aromatic N) is 2. The first-order valence-electron chi connectivity index (χ1n) is 2.61. The molecule has 0 atom stereocenters. The summed E-state index contributed by atoms with van der Waals surface area (Å²) in [7, 11) is 1.82. The molecule has 0 N–H and O–H groups in total. The highest BCUT2D eigenvalue weighted by Gasteiger charge is 2.05. The summed E-state index contributed by atoms with van der Waals surface area (Å²) in [6.45, 7) is 0.632. The Bertz CT molecular complexity index is 137. The lowest BCUT2D eigenvalue weighted by Gasteiger charge is -2.22. The van der Waals surface area contributed by atoms with Crippen LogP contribution in [0, 0.1) is 0 Å². The fourth-order valence-electron chi connectivity index (χ4n) is 0.538. The van der Waals surface area contributed by atoms with Gasteiger partial charge in [0.05, 0.1) is 18.3 Å². The van der Waals surface area contributed by atoms with Crippen LogP contribution in [-0.4, -0.2) is 29.3 Å². The van der Waals surface area contributed by atoms with Gasteiger partial charge in [0.15, 0.2) is 0 Å². The number of hydrogen-bond donors (Lipinski definition) is 0. The van der Waals surface area contributed by atoms with Crippen molar-refractivity contribution in [1.82, 2.24) is 10.2 Å². The maximum absolute atomic E-state index is 5.06. The summed E-state index contributed by atoms with van der Waals surface area (Å²) in [5.74, 6) is 0. The molecule has 0 fully saturated rings. The van der Waals surface area contributed by atoms with Crippen molar-refractivity contribution in [3.8, 4) is 0 Å². The van der Waals surface area contributed by atoms with Crippen LogP contribution in [0.3, 0.4) is 0 Å². The molecule has 0 aromatic rings. The van der Waals surface area contributed by atoms with Crippen molar-refractivity contribution in [2.75, 3.05) is 13.7 Å². The highest BCUT2D eigenvalue weighted by Crippen LogP contribution is 2.01. The molecule has 1 aliphatic rings. The summed E-state index contributed by atoms with van der Waals surface area (Å²) in [5.41, 5.74) is 1.51. The zero-order valence-corrected chi connectivity index (χ0v) is 5.97. The minimum atomic E-state index is 0.632. The van der Waals surface area contributed by atoms with Crippen LogP contribution in [0.1, 0.15) is 0 Å². The molecule has 3 nitrogen and oxygen atoms in total. The van der Waals surface area contributed by atoms with Crippen LogP contribution >= 0.6 is 12.2 Å². The molecule has 0 radical (unpaired) electrons. The molecule has 0 aromatic heterocycles. The van der Waals surface area contributed by atoms with E-state index in [1.165, 1.54) is 5.49 Å². The second-order valence-electron chi connectivity index (χ2n) is 1.66. The normalized spacial score (nSPS) is 16.3. The molecule has 4 heteroatoms. The SMILES string of the molecule is CN(C=S)N1C=CCO1. The largest absolute Gasteiger partial charge is 0.262 e. The van der Waals surface area contributed by atoms with E-state index in [4.69, 9.17) is 4.84 Å². The topological polar surface area (TPSA) is 15.7 Å². The number of hydrazine groups is 1. The average Bonchev–Trinajstić information content (AvgIpc) is 2.37. The van der Waals surface area contributed by atoms with Gasteiger partial charge >= 0.3 is 0 Å². The maximum atomic E-state index is 5.06. The molecule has 0 spiro atoms. The van der Waals surface area contributed by atoms with E-state index >= 15 is 0 Å². The van der Waals surface area contributed by atoms with E-state index in [1.807, 2.05) is 19.3 Å². The van der Waals surface area contributed by atoms with Crippen molar-refractivity contribution in [1.29, 1.82) is 0 Å². The molecule has 0 unspecified atom stereocenters. The summed E-state index contributed by atoms with van der Waals surface area (Å²) in [4.78, 5) is 5.06. The zero-order chi connectivity index (χ0) is 6.69. The van der Waals surface area contributed by atoms with Crippen LogP contribution in [0.2, 0.25) is 0 Å². The van der Waals surface area contributed by atoms with E-state index < -0.39 is 0 Å². The fourth-order valence-corrected chi connectivity index (χ4v) is 0.631. The van der Waals surface area contributed by atoms with Gasteiger partial charge in [-0.25, -0.2) is 4.84 Å². The average molecular weight is 144 g/mol.